The summed E-state index contributed by atoms with van der Waals surface area (Å²) in [5.41, 5.74) is 0.137. The van der Waals surface area contributed by atoms with Crippen LogP contribution < -0.4 is 0 Å². The Morgan fingerprint density at radius 1 is 1.39 bits per heavy atom. The zero-order valence-electron chi connectivity index (χ0n) is 9.78. The van der Waals surface area contributed by atoms with Crippen LogP contribution >= 0.6 is 0 Å². The molecule has 1 aromatic rings. The molecule has 1 unspecified atom stereocenters. The highest BCUT2D eigenvalue weighted by Gasteiger charge is 2.30. The van der Waals surface area contributed by atoms with E-state index in [4.69, 9.17) is 5.26 Å². The van der Waals surface area contributed by atoms with Gasteiger partial charge in [-0.1, -0.05) is 12.1 Å². The predicted molar refractivity (Wildman–Crippen MR) is 65.2 cm³/mol. The molecule has 0 bridgehead atoms. The largest absolute Gasteiger partial charge is 0.392 e. The van der Waals surface area contributed by atoms with Crippen molar-refractivity contribution in [3.8, 4) is 6.07 Å². The molecule has 1 fully saturated rings. The Kier molecular flexibility index (Phi) is 3.66. The molecule has 1 heterocycles. The summed E-state index contributed by atoms with van der Waals surface area (Å²) in [6.07, 6.45) is 0.629. The lowest BCUT2D eigenvalue weighted by Crippen LogP contribution is -2.42. The lowest BCUT2D eigenvalue weighted by molar-refractivity contribution is 0.108. The van der Waals surface area contributed by atoms with E-state index in [-0.39, 0.29) is 17.0 Å². The highest BCUT2D eigenvalue weighted by Crippen LogP contribution is 2.23. The number of hydrogen-bond donors (Lipinski definition) is 1. The summed E-state index contributed by atoms with van der Waals surface area (Å²) < 4.78 is 26.0. The van der Waals surface area contributed by atoms with Gasteiger partial charge in [-0.15, -0.1) is 0 Å². The first-order chi connectivity index (χ1) is 8.55. The Hall–Kier alpha value is -1.42. The third kappa shape index (κ3) is 2.38. The lowest BCUT2D eigenvalue weighted by Gasteiger charge is -2.29. The molecular weight excluding hydrogens is 252 g/mol. The third-order valence-corrected chi connectivity index (χ3v) is 4.91. The average molecular weight is 266 g/mol. The average Bonchev–Trinajstić information content (AvgIpc) is 2.38. The van der Waals surface area contributed by atoms with Crippen molar-refractivity contribution in [2.75, 3.05) is 13.1 Å². The van der Waals surface area contributed by atoms with E-state index in [1.165, 1.54) is 16.4 Å². The van der Waals surface area contributed by atoms with Crippen LogP contribution in [-0.4, -0.2) is 37.0 Å². The number of aliphatic hydroxyl groups excluding tert-OH is 1. The van der Waals surface area contributed by atoms with Gasteiger partial charge in [-0.3, -0.25) is 0 Å². The number of rotatable bonds is 2. The number of hydrogen-bond acceptors (Lipinski definition) is 4. The maximum absolute atomic E-state index is 12.4. The third-order valence-electron chi connectivity index (χ3n) is 2.98. The van der Waals surface area contributed by atoms with Crippen molar-refractivity contribution >= 4 is 10.0 Å². The standard InChI is InChI=1S/C12H14N2O3S/c13-8-10-4-1-2-6-12(10)18(16,17)14-7-3-5-11(15)9-14/h1-2,4,6,11,15H,3,5,7,9H2. The first-order valence-corrected chi connectivity index (χ1v) is 7.17. The SMILES string of the molecule is N#Cc1ccccc1S(=O)(=O)N1CCCC(O)C1. The second-order valence-electron chi connectivity index (χ2n) is 4.27. The molecule has 0 radical (unpaired) electrons. The maximum Gasteiger partial charge on any atom is 0.244 e. The summed E-state index contributed by atoms with van der Waals surface area (Å²) in [5.74, 6) is 0. The lowest BCUT2D eigenvalue weighted by atomic mass is 10.1. The number of nitrogens with zero attached hydrogens (tertiary/aromatic N) is 2. The van der Waals surface area contributed by atoms with Gasteiger partial charge in [-0.05, 0) is 25.0 Å². The molecule has 96 valence electrons. The molecule has 1 N–H and O–H groups in total. The van der Waals surface area contributed by atoms with Gasteiger partial charge in [0, 0.05) is 13.1 Å². The molecule has 1 aliphatic rings. The van der Waals surface area contributed by atoms with Crippen LogP contribution in [0.5, 0.6) is 0 Å². The summed E-state index contributed by atoms with van der Waals surface area (Å²) in [4.78, 5) is 0.0154. The van der Waals surface area contributed by atoms with E-state index in [0.717, 1.165) is 0 Å². The second kappa shape index (κ2) is 5.06. The van der Waals surface area contributed by atoms with Gasteiger partial charge in [-0.25, -0.2) is 8.42 Å². The number of sulfonamides is 1. The number of piperidine rings is 1. The molecule has 1 aromatic carbocycles. The van der Waals surface area contributed by atoms with Crippen LogP contribution in [0.1, 0.15) is 18.4 Å². The van der Waals surface area contributed by atoms with E-state index in [1.807, 2.05) is 6.07 Å². The minimum absolute atomic E-state index is 0.0154. The van der Waals surface area contributed by atoms with Crippen molar-refractivity contribution in [2.45, 2.75) is 23.8 Å². The number of nitriles is 1. The molecular formula is C12H14N2O3S. The first-order valence-electron chi connectivity index (χ1n) is 5.73. The molecule has 0 spiro atoms. The molecule has 0 aromatic heterocycles. The molecule has 1 atom stereocenters. The van der Waals surface area contributed by atoms with E-state index < -0.39 is 16.1 Å². The molecule has 0 amide bonds. The quantitative estimate of drug-likeness (QED) is 0.854. The van der Waals surface area contributed by atoms with Crippen LogP contribution in [0.4, 0.5) is 0 Å². The zero-order valence-corrected chi connectivity index (χ0v) is 10.6. The Balaban J connectivity index is 2.39. The van der Waals surface area contributed by atoms with Gasteiger partial charge in [-0.2, -0.15) is 9.57 Å². The van der Waals surface area contributed by atoms with Crippen LogP contribution in [0, 0.1) is 11.3 Å². The monoisotopic (exact) mass is 266 g/mol. The maximum atomic E-state index is 12.4. The molecule has 0 saturated carbocycles. The molecule has 6 heteroatoms. The minimum atomic E-state index is -3.69. The summed E-state index contributed by atoms with van der Waals surface area (Å²) in [7, 11) is -3.69. The van der Waals surface area contributed by atoms with Crippen LogP contribution in [0.2, 0.25) is 0 Å². The van der Waals surface area contributed by atoms with Crippen LogP contribution in [0.15, 0.2) is 29.2 Å². The highest BCUT2D eigenvalue weighted by atomic mass is 32.2. The van der Waals surface area contributed by atoms with Gasteiger partial charge in [0.05, 0.1) is 16.6 Å². The fourth-order valence-corrected chi connectivity index (χ4v) is 3.72. The fourth-order valence-electron chi connectivity index (χ4n) is 2.06. The van der Waals surface area contributed by atoms with Crippen molar-refractivity contribution in [2.24, 2.45) is 0 Å². The van der Waals surface area contributed by atoms with Gasteiger partial charge >= 0.3 is 0 Å². The molecule has 0 aliphatic carbocycles. The molecule has 18 heavy (non-hydrogen) atoms. The van der Waals surface area contributed by atoms with Crippen LogP contribution in [0.25, 0.3) is 0 Å². The molecule has 1 saturated heterocycles. The molecule has 2 rings (SSSR count). The van der Waals surface area contributed by atoms with Crippen LogP contribution in [-0.2, 0) is 10.0 Å². The number of aliphatic hydroxyl groups is 1. The van der Waals surface area contributed by atoms with E-state index in [2.05, 4.69) is 0 Å². The number of β-amino-alcohol motifs (C(OH)–C–C–N with tert-alkyl or cyclic N) is 1. The normalized spacial score (nSPS) is 21.4. The Bertz CT molecular complexity index is 577. The summed E-state index contributed by atoms with van der Waals surface area (Å²) in [6, 6.07) is 8.01. The topological polar surface area (TPSA) is 81.4 Å². The Labute approximate surface area is 106 Å². The summed E-state index contributed by atoms with van der Waals surface area (Å²) in [5, 5.41) is 18.5. The second-order valence-corrected chi connectivity index (χ2v) is 6.17. The van der Waals surface area contributed by atoms with Crippen LogP contribution in [0.3, 0.4) is 0 Å². The van der Waals surface area contributed by atoms with Crippen molar-refractivity contribution in [3.05, 3.63) is 29.8 Å². The van der Waals surface area contributed by atoms with Crippen molar-refractivity contribution < 1.29 is 13.5 Å². The van der Waals surface area contributed by atoms with Gasteiger partial charge in [0.1, 0.15) is 6.07 Å². The summed E-state index contributed by atoms with van der Waals surface area (Å²) >= 11 is 0. The Morgan fingerprint density at radius 2 is 2.11 bits per heavy atom. The number of benzene rings is 1. The van der Waals surface area contributed by atoms with Gasteiger partial charge in [0.25, 0.3) is 0 Å². The van der Waals surface area contributed by atoms with Gasteiger partial charge in [0.15, 0.2) is 0 Å². The van der Waals surface area contributed by atoms with E-state index in [1.54, 1.807) is 12.1 Å². The smallest absolute Gasteiger partial charge is 0.244 e. The molecule has 1 aliphatic heterocycles. The molecule has 5 nitrogen and oxygen atoms in total. The van der Waals surface area contributed by atoms with Crippen molar-refractivity contribution in [1.29, 1.82) is 5.26 Å². The fraction of sp³-hybridized carbons (Fsp3) is 0.417. The Morgan fingerprint density at radius 3 is 2.78 bits per heavy atom. The highest BCUT2D eigenvalue weighted by molar-refractivity contribution is 7.89. The first kappa shape index (κ1) is 13.0. The minimum Gasteiger partial charge on any atom is -0.392 e. The predicted octanol–water partition coefficient (Wildman–Crippen LogP) is 0.704. The zero-order chi connectivity index (χ0) is 13.2. The summed E-state index contributed by atoms with van der Waals surface area (Å²) in [6.45, 7) is 0.487. The van der Waals surface area contributed by atoms with Gasteiger partial charge < -0.3 is 5.11 Å². The van der Waals surface area contributed by atoms with Crippen molar-refractivity contribution in [1.82, 2.24) is 4.31 Å². The van der Waals surface area contributed by atoms with E-state index in [0.29, 0.717) is 19.4 Å². The van der Waals surface area contributed by atoms with E-state index in [9.17, 15) is 13.5 Å². The van der Waals surface area contributed by atoms with Crippen molar-refractivity contribution in [3.63, 3.8) is 0 Å². The van der Waals surface area contributed by atoms with Gasteiger partial charge in [0.2, 0.25) is 10.0 Å². The van der Waals surface area contributed by atoms with E-state index >= 15 is 0 Å².